The minimum absolute atomic E-state index is 0.307. The summed E-state index contributed by atoms with van der Waals surface area (Å²) in [7, 11) is 0. The van der Waals surface area contributed by atoms with Gasteiger partial charge in [0.25, 0.3) is 0 Å². The molecule has 0 aliphatic carbocycles. The van der Waals surface area contributed by atoms with Crippen LogP contribution in [0.15, 0.2) is 24.3 Å². The number of nitrogens with zero attached hydrogens (tertiary/aromatic N) is 3. The number of ether oxygens (including phenoxy) is 2. The molecule has 3 heterocycles. The van der Waals surface area contributed by atoms with Gasteiger partial charge in [-0.2, -0.15) is 5.26 Å². The number of hydrogen-bond donors (Lipinski definition) is 0. The quantitative estimate of drug-likeness (QED) is 0.818. The SMILES string of the molecule is N#Cc1cc(N2CCC(OCC3CCOC3)CC2)nc2ccc(Cl)cc12. The zero-order chi connectivity index (χ0) is 17.9. The first-order valence-electron chi connectivity index (χ1n) is 9.17. The summed E-state index contributed by atoms with van der Waals surface area (Å²) in [6, 6.07) is 9.64. The fraction of sp³-hybridized carbons (Fsp3) is 0.500. The maximum Gasteiger partial charge on any atom is 0.130 e. The molecule has 2 aromatic rings. The summed E-state index contributed by atoms with van der Waals surface area (Å²) in [5, 5.41) is 10.9. The number of nitriles is 1. The fourth-order valence-corrected chi connectivity index (χ4v) is 3.85. The number of rotatable bonds is 4. The highest BCUT2D eigenvalue weighted by Crippen LogP contribution is 2.27. The number of pyridine rings is 1. The van der Waals surface area contributed by atoms with E-state index in [-0.39, 0.29) is 0 Å². The number of hydrogen-bond acceptors (Lipinski definition) is 5. The van der Waals surface area contributed by atoms with Crippen molar-refractivity contribution in [2.24, 2.45) is 5.92 Å². The van der Waals surface area contributed by atoms with Crippen LogP contribution in [0.5, 0.6) is 0 Å². The van der Waals surface area contributed by atoms with Gasteiger partial charge in [0.1, 0.15) is 5.82 Å². The lowest BCUT2D eigenvalue weighted by Crippen LogP contribution is -2.38. The summed E-state index contributed by atoms with van der Waals surface area (Å²) in [4.78, 5) is 6.98. The van der Waals surface area contributed by atoms with Gasteiger partial charge in [0.15, 0.2) is 0 Å². The second-order valence-electron chi connectivity index (χ2n) is 7.05. The predicted molar refractivity (Wildman–Crippen MR) is 102 cm³/mol. The Morgan fingerprint density at radius 3 is 2.85 bits per heavy atom. The minimum atomic E-state index is 0.307. The molecule has 6 heteroatoms. The highest BCUT2D eigenvalue weighted by Gasteiger charge is 2.24. The fourth-order valence-electron chi connectivity index (χ4n) is 3.68. The molecule has 2 fully saturated rings. The van der Waals surface area contributed by atoms with Crippen LogP contribution in [-0.2, 0) is 9.47 Å². The molecule has 4 rings (SSSR count). The molecule has 0 spiro atoms. The van der Waals surface area contributed by atoms with Crippen LogP contribution < -0.4 is 4.90 Å². The Balaban J connectivity index is 1.42. The third-order valence-corrected chi connectivity index (χ3v) is 5.47. The summed E-state index contributed by atoms with van der Waals surface area (Å²) in [5.74, 6) is 1.42. The number of aromatic nitrogens is 1. The van der Waals surface area contributed by atoms with Gasteiger partial charge >= 0.3 is 0 Å². The molecule has 5 nitrogen and oxygen atoms in total. The average molecular weight is 372 g/mol. The Morgan fingerprint density at radius 1 is 1.27 bits per heavy atom. The van der Waals surface area contributed by atoms with E-state index in [1.807, 2.05) is 18.2 Å². The monoisotopic (exact) mass is 371 g/mol. The molecule has 1 unspecified atom stereocenters. The molecule has 1 atom stereocenters. The van der Waals surface area contributed by atoms with Crippen molar-refractivity contribution in [2.45, 2.75) is 25.4 Å². The van der Waals surface area contributed by atoms with Crippen LogP contribution in [0.2, 0.25) is 5.02 Å². The zero-order valence-electron chi connectivity index (χ0n) is 14.7. The van der Waals surface area contributed by atoms with Gasteiger partial charge in [0.05, 0.1) is 36.5 Å². The number of halogens is 1. The number of benzene rings is 1. The van der Waals surface area contributed by atoms with Crippen LogP contribution in [0.1, 0.15) is 24.8 Å². The largest absolute Gasteiger partial charge is 0.381 e. The van der Waals surface area contributed by atoms with E-state index in [2.05, 4.69) is 11.0 Å². The number of piperidine rings is 1. The van der Waals surface area contributed by atoms with Crippen LogP contribution in [0.4, 0.5) is 5.82 Å². The molecule has 0 saturated carbocycles. The van der Waals surface area contributed by atoms with Crippen LogP contribution in [0, 0.1) is 17.2 Å². The van der Waals surface area contributed by atoms with Crippen molar-refractivity contribution in [1.29, 1.82) is 5.26 Å². The zero-order valence-corrected chi connectivity index (χ0v) is 15.4. The molecule has 0 amide bonds. The van der Waals surface area contributed by atoms with Gasteiger partial charge in [0.2, 0.25) is 0 Å². The second-order valence-corrected chi connectivity index (χ2v) is 7.49. The van der Waals surface area contributed by atoms with Gasteiger partial charge in [-0.1, -0.05) is 11.6 Å². The standard InChI is InChI=1S/C20H22ClN3O2/c21-16-1-2-19-18(10-16)15(11-22)9-20(23-19)24-6-3-17(4-7-24)26-13-14-5-8-25-12-14/h1-2,9-10,14,17H,3-8,12-13H2. The number of fused-ring (bicyclic) bond motifs is 1. The maximum atomic E-state index is 9.50. The van der Waals surface area contributed by atoms with Gasteiger partial charge in [-0.25, -0.2) is 4.98 Å². The van der Waals surface area contributed by atoms with Crippen molar-refractivity contribution in [3.05, 3.63) is 34.9 Å². The summed E-state index contributed by atoms with van der Waals surface area (Å²) in [6.45, 7) is 4.29. The van der Waals surface area contributed by atoms with E-state index in [0.29, 0.717) is 22.6 Å². The Morgan fingerprint density at radius 2 is 2.12 bits per heavy atom. The lowest BCUT2D eigenvalue weighted by Gasteiger charge is -2.33. The lowest BCUT2D eigenvalue weighted by molar-refractivity contribution is 0.0131. The Bertz CT molecular complexity index is 822. The van der Waals surface area contributed by atoms with Crippen molar-refractivity contribution in [3.63, 3.8) is 0 Å². The van der Waals surface area contributed by atoms with Crippen LogP contribution in [-0.4, -0.2) is 44.0 Å². The molecular weight excluding hydrogens is 350 g/mol. The third-order valence-electron chi connectivity index (χ3n) is 5.24. The molecule has 2 aliphatic heterocycles. The van der Waals surface area contributed by atoms with Gasteiger partial charge in [-0.3, -0.25) is 0 Å². The highest BCUT2D eigenvalue weighted by atomic mass is 35.5. The third kappa shape index (κ3) is 3.78. The normalized spacial score (nSPS) is 21.2. The Hall–Kier alpha value is -1.87. The van der Waals surface area contributed by atoms with Crippen molar-refractivity contribution < 1.29 is 9.47 Å². The second kappa shape index (κ2) is 7.79. The molecule has 0 radical (unpaired) electrons. The predicted octanol–water partition coefficient (Wildman–Crippen LogP) is 3.78. The van der Waals surface area contributed by atoms with Crippen LogP contribution in [0.3, 0.4) is 0 Å². The molecular formula is C20H22ClN3O2. The first-order valence-corrected chi connectivity index (χ1v) is 9.55. The molecule has 26 heavy (non-hydrogen) atoms. The molecule has 1 aromatic heterocycles. The van der Waals surface area contributed by atoms with E-state index in [9.17, 15) is 5.26 Å². The van der Waals surface area contributed by atoms with Gasteiger partial charge in [-0.15, -0.1) is 0 Å². The minimum Gasteiger partial charge on any atom is -0.381 e. The van der Waals surface area contributed by atoms with Gasteiger partial charge in [-0.05, 0) is 43.5 Å². The Kier molecular flexibility index (Phi) is 5.26. The Labute approximate surface area is 158 Å². The van der Waals surface area contributed by atoms with Crippen molar-refractivity contribution in [2.75, 3.05) is 37.8 Å². The maximum absolute atomic E-state index is 9.50. The van der Waals surface area contributed by atoms with Crippen molar-refractivity contribution in [1.82, 2.24) is 4.98 Å². The molecule has 136 valence electrons. The number of anilines is 1. The first kappa shape index (κ1) is 17.5. The lowest BCUT2D eigenvalue weighted by atomic mass is 10.1. The van der Waals surface area contributed by atoms with Gasteiger partial charge in [0, 0.05) is 36.0 Å². The van der Waals surface area contributed by atoms with Crippen molar-refractivity contribution >= 4 is 28.3 Å². The molecule has 0 N–H and O–H groups in total. The summed E-state index contributed by atoms with van der Waals surface area (Å²) in [6.07, 6.45) is 3.38. The average Bonchev–Trinajstić information content (AvgIpc) is 3.19. The summed E-state index contributed by atoms with van der Waals surface area (Å²) < 4.78 is 11.5. The van der Waals surface area contributed by atoms with E-state index < -0.39 is 0 Å². The molecule has 1 aromatic carbocycles. The topological polar surface area (TPSA) is 58.4 Å². The van der Waals surface area contributed by atoms with E-state index in [1.54, 1.807) is 6.07 Å². The first-order chi connectivity index (χ1) is 12.7. The molecule has 2 saturated heterocycles. The van der Waals surface area contributed by atoms with E-state index in [1.165, 1.54) is 0 Å². The summed E-state index contributed by atoms with van der Waals surface area (Å²) >= 11 is 6.06. The highest BCUT2D eigenvalue weighted by molar-refractivity contribution is 6.31. The van der Waals surface area contributed by atoms with Crippen LogP contribution >= 0.6 is 11.6 Å². The molecule has 2 aliphatic rings. The van der Waals surface area contributed by atoms with E-state index in [4.69, 9.17) is 26.1 Å². The van der Waals surface area contributed by atoms with E-state index in [0.717, 1.165) is 68.9 Å². The van der Waals surface area contributed by atoms with Crippen LogP contribution in [0.25, 0.3) is 10.9 Å². The van der Waals surface area contributed by atoms with Crippen molar-refractivity contribution in [3.8, 4) is 6.07 Å². The molecule has 0 bridgehead atoms. The smallest absolute Gasteiger partial charge is 0.130 e. The summed E-state index contributed by atoms with van der Waals surface area (Å²) in [5.41, 5.74) is 1.43. The van der Waals surface area contributed by atoms with Gasteiger partial charge < -0.3 is 14.4 Å². The van der Waals surface area contributed by atoms with E-state index >= 15 is 0 Å².